The predicted molar refractivity (Wildman–Crippen MR) is 71.0 cm³/mol. The van der Waals surface area contributed by atoms with E-state index in [2.05, 4.69) is 30.3 Å². The van der Waals surface area contributed by atoms with E-state index in [9.17, 15) is 0 Å². The van der Waals surface area contributed by atoms with Crippen LogP contribution in [0.15, 0.2) is 11.1 Å². The quantitative estimate of drug-likeness (QED) is 0.587. The molecule has 3 nitrogen and oxygen atoms in total. The van der Waals surface area contributed by atoms with Gasteiger partial charge in [0.2, 0.25) is 0 Å². The average Bonchev–Trinajstić information content (AvgIpc) is 2.55. The molecule has 0 saturated heterocycles. The molecule has 92 valence electrons. The maximum atomic E-state index is 4.34. The largest absolute Gasteiger partial charge is 0.316 e. The van der Waals surface area contributed by atoms with Crippen molar-refractivity contribution < 1.29 is 0 Å². The van der Waals surface area contributed by atoms with Crippen LogP contribution in [0.5, 0.6) is 0 Å². The fraction of sp³-hybridized carbons (Fsp3) is 0.750. The molecule has 16 heavy (non-hydrogen) atoms. The van der Waals surface area contributed by atoms with Gasteiger partial charge in [-0.3, -0.25) is 4.68 Å². The molecule has 0 radical (unpaired) electrons. The molecule has 0 aromatic carbocycles. The van der Waals surface area contributed by atoms with Gasteiger partial charge in [-0.15, -0.1) is 11.8 Å². The molecule has 1 heterocycles. The Balaban J connectivity index is 2.26. The van der Waals surface area contributed by atoms with Gasteiger partial charge in [0, 0.05) is 12.8 Å². The van der Waals surface area contributed by atoms with Gasteiger partial charge in [-0.2, -0.15) is 5.10 Å². The van der Waals surface area contributed by atoms with Crippen molar-refractivity contribution in [3.63, 3.8) is 0 Å². The first kappa shape index (κ1) is 13.6. The van der Waals surface area contributed by atoms with Gasteiger partial charge in [-0.25, -0.2) is 0 Å². The number of hydrogen-bond donors (Lipinski definition) is 1. The number of aromatic nitrogens is 2. The van der Waals surface area contributed by atoms with E-state index in [4.69, 9.17) is 0 Å². The zero-order chi connectivity index (χ0) is 12.0. The van der Waals surface area contributed by atoms with Crippen molar-refractivity contribution in [3.8, 4) is 0 Å². The van der Waals surface area contributed by atoms with Crippen LogP contribution in [-0.2, 0) is 7.05 Å². The van der Waals surface area contributed by atoms with Crippen molar-refractivity contribution in [2.45, 2.75) is 32.2 Å². The van der Waals surface area contributed by atoms with E-state index < -0.39 is 0 Å². The van der Waals surface area contributed by atoms with E-state index >= 15 is 0 Å². The summed E-state index contributed by atoms with van der Waals surface area (Å²) in [6.45, 7) is 8.76. The molecule has 1 unspecified atom stereocenters. The van der Waals surface area contributed by atoms with Crippen LogP contribution in [0.3, 0.4) is 0 Å². The Bertz CT molecular complexity index is 309. The van der Waals surface area contributed by atoms with E-state index in [1.165, 1.54) is 11.4 Å². The van der Waals surface area contributed by atoms with Gasteiger partial charge >= 0.3 is 0 Å². The SMILES string of the molecule is CCCNCC(C)CSc1cc(C)nn1C. The second kappa shape index (κ2) is 6.97. The lowest BCUT2D eigenvalue weighted by atomic mass is 10.2. The molecule has 1 atom stereocenters. The molecule has 1 aromatic rings. The highest BCUT2D eigenvalue weighted by Crippen LogP contribution is 2.20. The molecular weight excluding hydrogens is 218 g/mol. The zero-order valence-electron chi connectivity index (χ0n) is 10.8. The number of nitrogens with one attached hydrogen (secondary N) is 1. The first-order valence-corrected chi connectivity index (χ1v) is 6.96. The summed E-state index contributed by atoms with van der Waals surface area (Å²) in [6.07, 6.45) is 1.21. The Labute approximate surface area is 103 Å². The Morgan fingerprint density at radius 2 is 2.31 bits per heavy atom. The molecule has 1 aromatic heterocycles. The average molecular weight is 241 g/mol. The summed E-state index contributed by atoms with van der Waals surface area (Å²) >= 11 is 1.89. The molecule has 0 aliphatic rings. The minimum Gasteiger partial charge on any atom is -0.316 e. The first-order chi connectivity index (χ1) is 7.63. The second-order valence-electron chi connectivity index (χ2n) is 4.37. The highest BCUT2D eigenvalue weighted by Gasteiger charge is 2.06. The van der Waals surface area contributed by atoms with Crippen LogP contribution in [0.4, 0.5) is 0 Å². The first-order valence-electron chi connectivity index (χ1n) is 5.97. The van der Waals surface area contributed by atoms with Crippen molar-refractivity contribution in [1.82, 2.24) is 15.1 Å². The van der Waals surface area contributed by atoms with E-state index in [-0.39, 0.29) is 0 Å². The van der Waals surface area contributed by atoms with Gasteiger partial charge in [0.15, 0.2) is 0 Å². The van der Waals surface area contributed by atoms with Gasteiger partial charge in [-0.1, -0.05) is 13.8 Å². The molecule has 4 heteroatoms. The van der Waals surface area contributed by atoms with Gasteiger partial charge < -0.3 is 5.32 Å². The van der Waals surface area contributed by atoms with Crippen LogP contribution < -0.4 is 5.32 Å². The third-order valence-electron chi connectivity index (χ3n) is 2.39. The summed E-state index contributed by atoms with van der Waals surface area (Å²) in [6, 6.07) is 2.15. The molecule has 0 saturated carbocycles. The van der Waals surface area contributed by atoms with Gasteiger partial charge in [0.05, 0.1) is 10.7 Å². The van der Waals surface area contributed by atoms with Crippen LogP contribution in [0.25, 0.3) is 0 Å². The normalized spacial score (nSPS) is 13.0. The molecule has 0 amide bonds. The van der Waals surface area contributed by atoms with Crippen LogP contribution in [0.1, 0.15) is 26.0 Å². The Hall–Kier alpha value is -0.480. The third kappa shape index (κ3) is 4.58. The highest BCUT2D eigenvalue weighted by molar-refractivity contribution is 7.99. The minimum absolute atomic E-state index is 0.701. The second-order valence-corrected chi connectivity index (χ2v) is 5.41. The molecule has 0 spiro atoms. The molecule has 0 bridgehead atoms. The van der Waals surface area contributed by atoms with Crippen LogP contribution in [-0.4, -0.2) is 28.6 Å². The van der Waals surface area contributed by atoms with Gasteiger partial charge in [-0.05, 0) is 38.4 Å². The maximum Gasteiger partial charge on any atom is 0.0939 e. The Kier molecular flexibility index (Phi) is 5.91. The van der Waals surface area contributed by atoms with E-state index in [0.29, 0.717) is 5.92 Å². The summed E-state index contributed by atoms with van der Waals surface area (Å²) in [4.78, 5) is 0. The van der Waals surface area contributed by atoms with E-state index in [1.807, 2.05) is 30.4 Å². The topological polar surface area (TPSA) is 29.9 Å². The van der Waals surface area contributed by atoms with E-state index in [1.54, 1.807) is 0 Å². The smallest absolute Gasteiger partial charge is 0.0939 e. The molecule has 0 aliphatic carbocycles. The summed E-state index contributed by atoms with van der Waals surface area (Å²) < 4.78 is 1.96. The van der Waals surface area contributed by atoms with Crippen molar-refractivity contribution >= 4 is 11.8 Å². The van der Waals surface area contributed by atoms with Crippen molar-refractivity contribution in [2.24, 2.45) is 13.0 Å². The fourth-order valence-electron chi connectivity index (χ4n) is 1.53. The third-order valence-corrected chi connectivity index (χ3v) is 3.81. The van der Waals surface area contributed by atoms with Crippen LogP contribution in [0, 0.1) is 12.8 Å². The number of nitrogens with zero attached hydrogens (tertiary/aromatic N) is 2. The zero-order valence-corrected chi connectivity index (χ0v) is 11.6. The standard InChI is InChI=1S/C12H23N3S/c1-5-6-13-8-10(2)9-16-12-7-11(3)14-15(12)4/h7,10,13H,5-6,8-9H2,1-4H3. The van der Waals surface area contributed by atoms with Gasteiger partial charge in [0.25, 0.3) is 0 Å². The molecular formula is C12H23N3S. The summed E-state index contributed by atoms with van der Waals surface area (Å²) in [5, 5.41) is 9.06. The van der Waals surface area contributed by atoms with Crippen LogP contribution in [0.2, 0.25) is 0 Å². The van der Waals surface area contributed by atoms with E-state index in [0.717, 1.165) is 24.5 Å². The van der Waals surface area contributed by atoms with Crippen LogP contribution >= 0.6 is 11.8 Å². The Morgan fingerprint density at radius 3 is 2.88 bits per heavy atom. The Morgan fingerprint density at radius 1 is 1.56 bits per heavy atom. The number of rotatable bonds is 7. The summed E-state index contributed by atoms with van der Waals surface area (Å²) in [5.74, 6) is 1.85. The predicted octanol–water partition coefficient (Wildman–Crippen LogP) is 2.46. The molecule has 0 fully saturated rings. The number of aryl methyl sites for hydroxylation is 2. The monoisotopic (exact) mass is 241 g/mol. The van der Waals surface area contributed by atoms with Gasteiger partial charge in [0.1, 0.15) is 0 Å². The molecule has 0 aliphatic heterocycles. The summed E-state index contributed by atoms with van der Waals surface area (Å²) in [5.41, 5.74) is 1.10. The lowest BCUT2D eigenvalue weighted by Gasteiger charge is -2.11. The molecule has 1 rings (SSSR count). The number of thioether (sulfide) groups is 1. The fourth-order valence-corrected chi connectivity index (χ4v) is 2.59. The lowest BCUT2D eigenvalue weighted by Crippen LogP contribution is -2.23. The van der Waals surface area contributed by atoms with Crippen molar-refractivity contribution in [1.29, 1.82) is 0 Å². The molecule has 1 N–H and O–H groups in total. The number of hydrogen-bond acceptors (Lipinski definition) is 3. The maximum absolute atomic E-state index is 4.34. The van der Waals surface area contributed by atoms with Crippen molar-refractivity contribution in [2.75, 3.05) is 18.8 Å². The minimum atomic E-state index is 0.701. The lowest BCUT2D eigenvalue weighted by molar-refractivity contribution is 0.556. The van der Waals surface area contributed by atoms with Crippen molar-refractivity contribution in [3.05, 3.63) is 11.8 Å². The summed E-state index contributed by atoms with van der Waals surface area (Å²) in [7, 11) is 2.01. The highest BCUT2D eigenvalue weighted by atomic mass is 32.2.